The number of carbonyl (C=O) groups is 1. The molecule has 7 heteroatoms. The number of amides is 1. The predicted molar refractivity (Wildman–Crippen MR) is 94.8 cm³/mol. The van der Waals surface area contributed by atoms with Crippen molar-refractivity contribution in [3.63, 3.8) is 0 Å². The van der Waals surface area contributed by atoms with E-state index in [1.807, 2.05) is 4.90 Å². The number of nitro groups is 1. The molecule has 0 radical (unpaired) electrons. The first-order valence-electron chi connectivity index (χ1n) is 8.26. The van der Waals surface area contributed by atoms with E-state index in [2.05, 4.69) is 5.32 Å². The number of non-ortho nitro benzene ring substituents is 1. The number of nitrogens with zero attached hydrogens (tertiary/aromatic N) is 2. The smallest absolute Gasteiger partial charge is 0.269 e. The summed E-state index contributed by atoms with van der Waals surface area (Å²) in [6, 6.07) is 4.48. The van der Waals surface area contributed by atoms with Gasteiger partial charge in [0.1, 0.15) is 0 Å². The van der Waals surface area contributed by atoms with Gasteiger partial charge in [-0.2, -0.15) is 0 Å². The Hall–Kier alpha value is -1.66. The van der Waals surface area contributed by atoms with E-state index in [-0.39, 0.29) is 24.0 Å². The standard InChI is InChI=1S/C17H23N3O3.ClH/c1-13-12-14(20(22)23)2-3-15(13)16(21)19-10-6-17(7-11-19)4-8-18-9-5-17;/h2-3,12,18H,4-11H2,1H3;1H. The quantitative estimate of drug-likeness (QED) is 0.655. The van der Waals surface area contributed by atoms with Gasteiger partial charge < -0.3 is 10.2 Å². The van der Waals surface area contributed by atoms with E-state index in [9.17, 15) is 14.9 Å². The number of halogens is 1. The van der Waals surface area contributed by atoms with Crippen LogP contribution in [0.4, 0.5) is 5.69 Å². The topological polar surface area (TPSA) is 75.5 Å². The van der Waals surface area contributed by atoms with Crippen LogP contribution in [0.2, 0.25) is 0 Å². The van der Waals surface area contributed by atoms with Crippen LogP contribution < -0.4 is 5.32 Å². The third-order valence-corrected chi connectivity index (χ3v) is 5.43. The van der Waals surface area contributed by atoms with Crippen LogP contribution in [0.5, 0.6) is 0 Å². The van der Waals surface area contributed by atoms with E-state index in [1.165, 1.54) is 25.0 Å². The van der Waals surface area contributed by atoms with Gasteiger partial charge in [-0.15, -0.1) is 12.4 Å². The molecule has 1 N–H and O–H groups in total. The molecule has 24 heavy (non-hydrogen) atoms. The SMILES string of the molecule is Cc1cc([N+](=O)[O-])ccc1C(=O)N1CCC2(CCNCC2)CC1.Cl. The van der Waals surface area contributed by atoms with Gasteiger partial charge in [-0.1, -0.05) is 0 Å². The second-order valence-electron chi connectivity index (χ2n) is 6.80. The average molecular weight is 354 g/mol. The molecule has 0 aliphatic carbocycles. The van der Waals surface area contributed by atoms with Gasteiger partial charge >= 0.3 is 0 Å². The molecule has 0 bridgehead atoms. The Bertz CT molecular complexity index is 620. The Balaban J connectivity index is 0.00000208. The highest BCUT2D eigenvalue weighted by atomic mass is 35.5. The summed E-state index contributed by atoms with van der Waals surface area (Å²) < 4.78 is 0. The lowest BCUT2D eigenvalue weighted by molar-refractivity contribution is -0.384. The Morgan fingerprint density at radius 3 is 2.38 bits per heavy atom. The Morgan fingerprint density at radius 2 is 1.83 bits per heavy atom. The van der Waals surface area contributed by atoms with Crippen molar-refractivity contribution in [2.24, 2.45) is 5.41 Å². The van der Waals surface area contributed by atoms with Crippen LogP contribution in [-0.4, -0.2) is 41.9 Å². The largest absolute Gasteiger partial charge is 0.339 e. The van der Waals surface area contributed by atoms with E-state index in [0.717, 1.165) is 39.0 Å². The normalized spacial score (nSPS) is 19.6. The fourth-order valence-electron chi connectivity index (χ4n) is 3.81. The number of likely N-dealkylation sites (tertiary alicyclic amines) is 1. The van der Waals surface area contributed by atoms with E-state index in [1.54, 1.807) is 13.0 Å². The molecule has 6 nitrogen and oxygen atoms in total. The summed E-state index contributed by atoms with van der Waals surface area (Å²) in [4.78, 5) is 25.0. The maximum atomic E-state index is 12.7. The van der Waals surface area contributed by atoms with Gasteiger partial charge in [0.15, 0.2) is 0 Å². The summed E-state index contributed by atoms with van der Waals surface area (Å²) in [6.07, 6.45) is 4.52. The average Bonchev–Trinajstić information content (AvgIpc) is 2.55. The van der Waals surface area contributed by atoms with Crippen LogP contribution >= 0.6 is 12.4 Å². The van der Waals surface area contributed by atoms with Crippen molar-refractivity contribution >= 4 is 24.0 Å². The van der Waals surface area contributed by atoms with Crippen molar-refractivity contribution in [2.75, 3.05) is 26.2 Å². The maximum Gasteiger partial charge on any atom is 0.269 e. The number of carbonyl (C=O) groups excluding carboxylic acids is 1. The van der Waals surface area contributed by atoms with Gasteiger partial charge in [-0.3, -0.25) is 14.9 Å². The number of piperidine rings is 2. The van der Waals surface area contributed by atoms with Crippen LogP contribution in [0.1, 0.15) is 41.6 Å². The summed E-state index contributed by atoms with van der Waals surface area (Å²) in [5.41, 5.74) is 1.70. The zero-order chi connectivity index (χ0) is 16.4. The van der Waals surface area contributed by atoms with Crippen molar-refractivity contribution in [1.82, 2.24) is 10.2 Å². The molecular weight excluding hydrogens is 330 g/mol. The molecule has 0 saturated carbocycles. The molecule has 132 valence electrons. The third kappa shape index (κ3) is 3.70. The van der Waals surface area contributed by atoms with Gasteiger partial charge in [0.25, 0.3) is 11.6 Å². The molecule has 2 aliphatic rings. The van der Waals surface area contributed by atoms with Gasteiger partial charge in [-0.25, -0.2) is 0 Å². The Morgan fingerprint density at radius 1 is 1.21 bits per heavy atom. The summed E-state index contributed by atoms with van der Waals surface area (Å²) in [5.74, 6) is 0.00109. The first kappa shape index (κ1) is 18.7. The molecule has 2 aliphatic heterocycles. The van der Waals surface area contributed by atoms with Gasteiger partial charge in [0, 0.05) is 30.8 Å². The fourth-order valence-corrected chi connectivity index (χ4v) is 3.81. The van der Waals surface area contributed by atoms with E-state index < -0.39 is 4.92 Å². The number of nitro benzene ring substituents is 1. The fraction of sp³-hybridized carbons (Fsp3) is 0.588. The second-order valence-corrected chi connectivity index (χ2v) is 6.80. The van der Waals surface area contributed by atoms with Crippen molar-refractivity contribution in [3.8, 4) is 0 Å². The number of benzene rings is 1. The van der Waals surface area contributed by atoms with Crippen LogP contribution in [0, 0.1) is 22.5 Å². The van der Waals surface area contributed by atoms with Crippen molar-refractivity contribution in [3.05, 3.63) is 39.4 Å². The monoisotopic (exact) mass is 353 g/mol. The molecule has 2 heterocycles. The summed E-state index contributed by atoms with van der Waals surface area (Å²) in [6.45, 7) is 5.49. The Kier molecular flexibility index (Phi) is 5.83. The molecule has 2 saturated heterocycles. The van der Waals surface area contributed by atoms with E-state index in [4.69, 9.17) is 0 Å². The molecule has 1 aromatic carbocycles. The summed E-state index contributed by atoms with van der Waals surface area (Å²) >= 11 is 0. The van der Waals surface area contributed by atoms with Crippen LogP contribution in [-0.2, 0) is 0 Å². The molecule has 1 amide bonds. The number of hydrogen-bond donors (Lipinski definition) is 1. The van der Waals surface area contributed by atoms with Crippen LogP contribution in [0.25, 0.3) is 0 Å². The number of nitrogens with one attached hydrogen (secondary N) is 1. The molecular formula is C17H24ClN3O3. The minimum atomic E-state index is -0.428. The highest BCUT2D eigenvalue weighted by Crippen LogP contribution is 2.39. The first-order chi connectivity index (χ1) is 11.0. The first-order valence-corrected chi connectivity index (χ1v) is 8.26. The van der Waals surface area contributed by atoms with Gasteiger partial charge in [-0.05, 0) is 62.7 Å². The third-order valence-electron chi connectivity index (χ3n) is 5.43. The molecule has 2 fully saturated rings. The minimum Gasteiger partial charge on any atom is -0.339 e. The molecule has 0 atom stereocenters. The lowest BCUT2D eigenvalue weighted by atomic mass is 9.71. The van der Waals surface area contributed by atoms with Crippen LogP contribution in [0.3, 0.4) is 0 Å². The number of hydrogen-bond acceptors (Lipinski definition) is 4. The van der Waals surface area contributed by atoms with E-state index in [0.29, 0.717) is 16.5 Å². The number of aryl methyl sites for hydroxylation is 1. The lowest BCUT2D eigenvalue weighted by Gasteiger charge is -2.44. The maximum absolute atomic E-state index is 12.7. The van der Waals surface area contributed by atoms with E-state index >= 15 is 0 Å². The second kappa shape index (κ2) is 7.49. The van der Waals surface area contributed by atoms with Gasteiger partial charge in [0.05, 0.1) is 4.92 Å². The summed E-state index contributed by atoms with van der Waals surface area (Å²) in [7, 11) is 0. The molecule has 1 aromatic rings. The number of rotatable bonds is 2. The van der Waals surface area contributed by atoms with Gasteiger partial charge in [0.2, 0.25) is 0 Å². The summed E-state index contributed by atoms with van der Waals surface area (Å²) in [5, 5.41) is 14.2. The van der Waals surface area contributed by atoms with Crippen molar-refractivity contribution in [1.29, 1.82) is 0 Å². The predicted octanol–water partition coefficient (Wildman–Crippen LogP) is 2.93. The van der Waals surface area contributed by atoms with Crippen molar-refractivity contribution < 1.29 is 9.72 Å². The highest BCUT2D eigenvalue weighted by Gasteiger charge is 2.37. The lowest BCUT2D eigenvalue weighted by Crippen LogP contribution is -2.47. The zero-order valence-electron chi connectivity index (χ0n) is 13.9. The van der Waals surface area contributed by atoms with Crippen LogP contribution in [0.15, 0.2) is 18.2 Å². The minimum absolute atomic E-state index is 0. The molecule has 0 aromatic heterocycles. The molecule has 1 spiro atoms. The molecule has 3 rings (SSSR count). The molecule has 0 unspecified atom stereocenters. The van der Waals surface area contributed by atoms with Crippen molar-refractivity contribution in [2.45, 2.75) is 32.6 Å². The Labute approximate surface area is 148 Å². The zero-order valence-corrected chi connectivity index (χ0v) is 14.7. The highest BCUT2D eigenvalue weighted by molar-refractivity contribution is 5.96.